The molecule has 3 rings (SSSR count). The second-order valence-electron chi connectivity index (χ2n) is 9.86. The predicted octanol–water partition coefficient (Wildman–Crippen LogP) is 5.85. The summed E-state index contributed by atoms with van der Waals surface area (Å²) in [5.74, 6) is -1.51. The first-order valence-corrected chi connectivity index (χ1v) is 11.3. The minimum atomic E-state index is -1.02. The van der Waals surface area contributed by atoms with Crippen molar-refractivity contribution < 1.29 is 24.2 Å². The lowest BCUT2D eigenvalue weighted by Gasteiger charge is -2.42. The number of ether oxygens (including phenoxy) is 2. The maximum absolute atomic E-state index is 13.2. The summed E-state index contributed by atoms with van der Waals surface area (Å²) < 4.78 is 11.2. The van der Waals surface area contributed by atoms with Crippen molar-refractivity contribution in [2.45, 2.75) is 70.6 Å². The van der Waals surface area contributed by atoms with E-state index in [1.165, 1.54) is 35.4 Å². The van der Waals surface area contributed by atoms with Gasteiger partial charge in [0, 0.05) is 13.2 Å². The third-order valence-electron chi connectivity index (χ3n) is 6.64. The molecule has 0 amide bonds. The molecule has 0 fully saturated rings. The summed E-state index contributed by atoms with van der Waals surface area (Å²) in [6.07, 6.45) is 2.75. The molecule has 0 saturated heterocycles. The molecule has 0 heterocycles. The van der Waals surface area contributed by atoms with Crippen LogP contribution in [0.4, 0.5) is 0 Å². The summed E-state index contributed by atoms with van der Waals surface area (Å²) in [6, 6.07) is 12.3. The van der Waals surface area contributed by atoms with Crippen LogP contribution in [0.25, 0.3) is 0 Å². The molecule has 32 heavy (non-hydrogen) atoms. The van der Waals surface area contributed by atoms with Gasteiger partial charge in [-0.25, -0.2) is 4.79 Å². The van der Waals surface area contributed by atoms with E-state index in [-0.39, 0.29) is 22.4 Å². The van der Waals surface area contributed by atoms with E-state index in [2.05, 4.69) is 39.8 Å². The molecule has 5 nitrogen and oxygen atoms in total. The number of fused-ring (bicyclic) bond motifs is 1. The van der Waals surface area contributed by atoms with Gasteiger partial charge in [-0.1, -0.05) is 45.9 Å². The lowest BCUT2D eigenvalue weighted by atomic mass is 9.62. The fourth-order valence-corrected chi connectivity index (χ4v) is 4.44. The molecule has 0 saturated carbocycles. The Labute approximate surface area is 190 Å². The van der Waals surface area contributed by atoms with Gasteiger partial charge >= 0.3 is 11.9 Å². The van der Waals surface area contributed by atoms with E-state index < -0.39 is 11.9 Å². The van der Waals surface area contributed by atoms with Gasteiger partial charge in [0.25, 0.3) is 0 Å². The molecule has 1 aliphatic carbocycles. The maximum Gasteiger partial charge on any atom is 0.335 e. The van der Waals surface area contributed by atoms with E-state index in [0.717, 1.165) is 18.4 Å². The Balaban J connectivity index is 1.91. The summed E-state index contributed by atoms with van der Waals surface area (Å²) in [5, 5.41) is 9.07. The van der Waals surface area contributed by atoms with Gasteiger partial charge in [-0.2, -0.15) is 0 Å². The van der Waals surface area contributed by atoms with Crippen LogP contribution < -0.4 is 4.74 Å². The van der Waals surface area contributed by atoms with E-state index in [1.54, 1.807) is 0 Å². The molecule has 0 radical (unpaired) electrons. The molecule has 172 valence electrons. The third-order valence-corrected chi connectivity index (χ3v) is 6.64. The van der Waals surface area contributed by atoms with Gasteiger partial charge in [0.05, 0.1) is 11.5 Å². The monoisotopic (exact) mass is 438 g/mol. The maximum atomic E-state index is 13.2. The molecule has 2 aromatic carbocycles. The normalized spacial score (nSPS) is 17.3. The van der Waals surface area contributed by atoms with E-state index in [1.807, 2.05) is 13.0 Å². The minimum absolute atomic E-state index is 0.0436. The number of rotatable bonds is 8. The van der Waals surface area contributed by atoms with Crippen molar-refractivity contribution >= 4 is 11.9 Å². The van der Waals surface area contributed by atoms with Crippen LogP contribution in [0.5, 0.6) is 5.75 Å². The standard InChI is InChI=1S/C27H34O5/c1-6-31-16-13-21(25(30)32-20-10-7-18(8-11-20)24(28)29)19-9-12-22-23(17-19)27(4,5)15-14-26(22,2)3/h7-12,17,21H,6,13-16H2,1-5H3,(H,28,29). The summed E-state index contributed by atoms with van der Waals surface area (Å²) in [6.45, 7) is 12.1. The lowest BCUT2D eigenvalue weighted by molar-refractivity contribution is -0.136. The molecule has 2 aromatic rings. The van der Waals surface area contributed by atoms with Gasteiger partial charge in [-0.3, -0.25) is 4.79 Å². The number of carbonyl (C=O) groups excluding carboxylic acids is 1. The highest BCUT2D eigenvalue weighted by Gasteiger charge is 2.37. The van der Waals surface area contributed by atoms with Crippen molar-refractivity contribution in [3.05, 3.63) is 64.7 Å². The van der Waals surface area contributed by atoms with Crippen LogP contribution in [0, 0.1) is 0 Å². The van der Waals surface area contributed by atoms with Crippen molar-refractivity contribution in [3.8, 4) is 5.75 Å². The number of carbonyl (C=O) groups is 2. The zero-order chi connectivity index (χ0) is 23.5. The number of hydrogen-bond donors (Lipinski definition) is 1. The quantitative estimate of drug-likeness (QED) is 0.318. The average Bonchev–Trinajstić information content (AvgIpc) is 2.75. The van der Waals surface area contributed by atoms with Gasteiger partial charge in [-0.15, -0.1) is 0 Å². The first-order valence-electron chi connectivity index (χ1n) is 11.3. The molecule has 1 aliphatic rings. The minimum Gasteiger partial charge on any atom is -0.478 e. The van der Waals surface area contributed by atoms with Crippen molar-refractivity contribution in [2.75, 3.05) is 13.2 Å². The molecule has 0 aliphatic heterocycles. The Kier molecular flexibility index (Phi) is 7.09. The Morgan fingerprint density at radius 3 is 2.19 bits per heavy atom. The van der Waals surface area contributed by atoms with Crippen molar-refractivity contribution in [3.63, 3.8) is 0 Å². The van der Waals surface area contributed by atoms with Crippen molar-refractivity contribution in [2.24, 2.45) is 0 Å². The molecule has 5 heteroatoms. The van der Waals surface area contributed by atoms with E-state index >= 15 is 0 Å². The predicted molar refractivity (Wildman–Crippen MR) is 125 cm³/mol. The molecule has 1 unspecified atom stereocenters. The van der Waals surface area contributed by atoms with E-state index in [4.69, 9.17) is 14.6 Å². The zero-order valence-corrected chi connectivity index (χ0v) is 19.7. The second-order valence-corrected chi connectivity index (χ2v) is 9.86. The number of esters is 1. The first-order chi connectivity index (χ1) is 15.0. The van der Waals surface area contributed by atoms with Crippen molar-refractivity contribution in [1.82, 2.24) is 0 Å². The van der Waals surface area contributed by atoms with Crippen LogP contribution in [0.3, 0.4) is 0 Å². The van der Waals surface area contributed by atoms with Crippen LogP contribution in [-0.4, -0.2) is 30.3 Å². The topological polar surface area (TPSA) is 72.8 Å². The molecule has 0 aromatic heterocycles. The van der Waals surface area contributed by atoms with Gasteiger partial charge in [0.1, 0.15) is 5.75 Å². The zero-order valence-electron chi connectivity index (χ0n) is 19.7. The number of aromatic carboxylic acids is 1. The van der Waals surface area contributed by atoms with Crippen LogP contribution in [0.2, 0.25) is 0 Å². The first kappa shape index (κ1) is 24.0. The molecule has 1 N–H and O–H groups in total. The fraction of sp³-hybridized carbons (Fsp3) is 0.481. The number of carboxylic acids is 1. The Morgan fingerprint density at radius 2 is 1.59 bits per heavy atom. The molecule has 0 spiro atoms. The molecule has 1 atom stereocenters. The van der Waals surface area contributed by atoms with Crippen LogP contribution in [-0.2, 0) is 20.4 Å². The van der Waals surface area contributed by atoms with Gasteiger partial charge in [0.2, 0.25) is 0 Å². The summed E-state index contributed by atoms with van der Waals surface area (Å²) >= 11 is 0. The second kappa shape index (κ2) is 9.45. The summed E-state index contributed by atoms with van der Waals surface area (Å²) in [4.78, 5) is 24.3. The summed E-state index contributed by atoms with van der Waals surface area (Å²) in [5.41, 5.74) is 3.88. The number of benzene rings is 2. The van der Waals surface area contributed by atoms with Gasteiger partial charge in [-0.05, 0) is 78.0 Å². The molecular formula is C27H34O5. The fourth-order valence-electron chi connectivity index (χ4n) is 4.44. The molecular weight excluding hydrogens is 404 g/mol. The number of carboxylic acid groups (broad SMARTS) is 1. The highest BCUT2D eigenvalue weighted by molar-refractivity contribution is 5.88. The SMILES string of the molecule is CCOCCC(C(=O)Oc1ccc(C(=O)O)cc1)c1ccc2c(c1)C(C)(C)CCC2(C)C. The lowest BCUT2D eigenvalue weighted by Crippen LogP contribution is -2.34. The van der Waals surface area contributed by atoms with Gasteiger partial charge in [0.15, 0.2) is 0 Å². The largest absolute Gasteiger partial charge is 0.478 e. The van der Waals surface area contributed by atoms with Gasteiger partial charge < -0.3 is 14.6 Å². The Bertz CT molecular complexity index is 972. The number of hydrogen-bond acceptors (Lipinski definition) is 4. The Morgan fingerprint density at radius 1 is 0.969 bits per heavy atom. The summed E-state index contributed by atoms with van der Waals surface area (Å²) in [7, 11) is 0. The van der Waals surface area contributed by atoms with Crippen LogP contribution in [0.15, 0.2) is 42.5 Å². The van der Waals surface area contributed by atoms with Crippen LogP contribution >= 0.6 is 0 Å². The highest BCUT2D eigenvalue weighted by Crippen LogP contribution is 2.46. The van der Waals surface area contributed by atoms with Crippen molar-refractivity contribution in [1.29, 1.82) is 0 Å². The highest BCUT2D eigenvalue weighted by atomic mass is 16.5. The van der Waals surface area contributed by atoms with E-state index in [9.17, 15) is 9.59 Å². The molecule has 0 bridgehead atoms. The van der Waals surface area contributed by atoms with Crippen LogP contribution in [0.1, 0.15) is 86.8 Å². The smallest absolute Gasteiger partial charge is 0.335 e. The van der Waals surface area contributed by atoms with E-state index in [0.29, 0.717) is 25.4 Å². The average molecular weight is 439 g/mol. The third kappa shape index (κ3) is 5.21. The Hall–Kier alpha value is -2.66.